The molecule has 2 heterocycles. The monoisotopic (exact) mass is 376 g/mol. The van der Waals surface area contributed by atoms with Gasteiger partial charge in [-0.25, -0.2) is 4.79 Å². The molecule has 7 heteroatoms. The second kappa shape index (κ2) is 7.68. The van der Waals surface area contributed by atoms with Crippen molar-refractivity contribution in [2.24, 2.45) is 0 Å². The second-order valence-corrected chi connectivity index (χ2v) is 8.15. The van der Waals surface area contributed by atoms with Gasteiger partial charge >= 0.3 is 6.09 Å². The minimum Gasteiger partial charge on any atom is -0.444 e. The molecule has 0 aliphatic carbocycles. The first-order chi connectivity index (χ1) is 12.3. The molecule has 1 aromatic carbocycles. The summed E-state index contributed by atoms with van der Waals surface area (Å²) in [6.07, 6.45) is 3.60. The Hall–Kier alpha value is -2.05. The number of carbonyl (C=O) groups excluding carboxylic acids is 1. The zero-order chi connectivity index (χ0) is 18.7. The van der Waals surface area contributed by atoms with Crippen molar-refractivity contribution in [3.63, 3.8) is 0 Å². The molecule has 1 amide bonds. The lowest BCUT2D eigenvalue weighted by Crippen LogP contribution is -2.59. The predicted octanol–water partition coefficient (Wildman–Crippen LogP) is 3.29. The molecule has 1 aromatic heterocycles. The van der Waals surface area contributed by atoms with Crippen LogP contribution in [-0.4, -0.2) is 45.5 Å². The number of nitrogens with one attached hydrogen (secondary N) is 1. The minimum atomic E-state index is -0.466. The third-order valence-corrected chi connectivity index (χ3v) is 4.28. The van der Waals surface area contributed by atoms with Gasteiger partial charge in [0.2, 0.25) is 0 Å². The van der Waals surface area contributed by atoms with E-state index in [9.17, 15) is 4.79 Å². The summed E-state index contributed by atoms with van der Waals surface area (Å²) in [5, 5.41) is 8.06. The number of alkyl carbamates (subject to hydrolysis) is 1. The Morgan fingerprint density at radius 2 is 1.92 bits per heavy atom. The van der Waals surface area contributed by atoms with E-state index < -0.39 is 5.60 Å². The fourth-order valence-electron chi connectivity index (χ4n) is 2.87. The second-order valence-electron chi connectivity index (χ2n) is 7.71. The molecule has 0 bridgehead atoms. The maximum absolute atomic E-state index is 11.8. The molecule has 26 heavy (non-hydrogen) atoms. The highest BCUT2D eigenvalue weighted by molar-refractivity contribution is 6.30. The summed E-state index contributed by atoms with van der Waals surface area (Å²) in [5.41, 5.74) is 1.86. The van der Waals surface area contributed by atoms with Crippen LogP contribution in [0.15, 0.2) is 36.7 Å². The molecule has 0 saturated carbocycles. The number of hydrogen-bond donors (Lipinski definition) is 1. The van der Waals surface area contributed by atoms with Crippen LogP contribution in [0.1, 0.15) is 31.9 Å². The maximum atomic E-state index is 11.8. The van der Waals surface area contributed by atoms with Crippen molar-refractivity contribution in [2.45, 2.75) is 45.5 Å². The summed E-state index contributed by atoms with van der Waals surface area (Å²) < 4.78 is 7.20. The Bertz CT molecular complexity index is 746. The summed E-state index contributed by atoms with van der Waals surface area (Å²) in [6, 6.07) is 7.94. The van der Waals surface area contributed by atoms with Crippen LogP contribution in [0, 0.1) is 0 Å². The Kier molecular flexibility index (Phi) is 5.53. The molecule has 0 atom stereocenters. The number of rotatable bonds is 5. The van der Waals surface area contributed by atoms with Gasteiger partial charge in [0.05, 0.1) is 18.8 Å². The Morgan fingerprint density at radius 3 is 2.58 bits per heavy atom. The SMILES string of the molecule is CC(C)(C)OC(=O)NC1CN(Cc2cnn(Cc3ccc(Cl)cc3)c2)C1. The van der Waals surface area contributed by atoms with E-state index in [-0.39, 0.29) is 12.1 Å². The van der Waals surface area contributed by atoms with Crippen molar-refractivity contribution in [2.75, 3.05) is 13.1 Å². The van der Waals surface area contributed by atoms with Gasteiger partial charge in [-0.1, -0.05) is 23.7 Å². The summed E-state index contributed by atoms with van der Waals surface area (Å²) in [6.45, 7) is 8.78. The highest BCUT2D eigenvalue weighted by atomic mass is 35.5. The van der Waals surface area contributed by atoms with Crippen LogP contribution in [-0.2, 0) is 17.8 Å². The number of likely N-dealkylation sites (tertiary alicyclic amines) is 1. The normalized spacial score (nSPS) is 15.5. The van der Waals surface area contributed by atoms with Gasteiger partial charge in [-0.2, -0.15) is 5.10 Å². The molecule has 6 nitrogen and oxygen atoms in total. The average Bonchev–Trinajstić information content (AvgIpc) is 2.93. The van der Waals surface area contributed by atoms with E-state index in [4.69, 9.17) is 16.3 Å². The third kappa shape index (κ3) is 5.47. The molecule has 0 spiro atoms. The van der Waals surface area contributed by atoms with Gasteiger partial charge in [0.1, 0.15) is 5.60 Å². The van der Waals surface area contributed by atoms with Crippen molar-refractivity contribution in [1.82, 2.24) is 20.0 Å². The van der Waals surface area contributed by atoms with Gasteiger partial charge in [0.25, 0.3) is 0 Å². The molecule has 0 radical (unpaired) electrons. The standard InChI is InChI=1S/C19H25ClN4O2/c1-19(2,3)26-18(25)22-17-12-23(13-17)9-15-8-21-24(11-15)10-14-4-6-16(20)7-5-14/h4-8,11,17H,9-10,12-13H2,1-3H3,(H,22,25). The van der Waals surface area contributed by atoms with Crippen LogP contribution in [0.25, 0.3) is 0 Å². The number of halogens is 1. The van der Waals surface area contributed by atoms with Crippen LogP contribution >= 0.6 is 11.6 Å². The zero-order valence-corrected chi connectivity index (χ0v) is 16.2. The fourth-order valence-corrected chi connectivity index (χ4v) is 3.00. The van der Waals surface area contributed by atoms with E-state index >= 15 is 0 Å². The summed E-state index contributed by atoms with van der Waals surface area (Å²) in [7, 11) is 0. The number of ether oxygens (including phenoxy) is 1. The maximum Gasteiger partial charge on any atom is 0.407 e. The Balaban J connectivity index is 1.42. The minimum absolute atomic E-state index is 0.147. The number of nitrogens with zero attached hydrogens (tertiary/aromatic N) is 3. The number of aromatic nitrogens is 2. The lowest BCUT2D eigenvalue weighted by atomic mass is 10.1. The van der Waals surface area contributed by atoms with Gasteiger partial charge in [0, 0.05) is 36.4 Å². The van der Waals surface area contributed by atoms with Crippen LogP contribution in [0.4, 0.5) is 4.79 Å². The lowest BCUT2D eigenvalue weighted by molar-refractivity contribution is 0.0392. The van der Waals surface area contributed by atoms with Crippen molar-refractivity contribution < 1.29 is 9.53 Å². The number of hydrogen-bond acceptors (Lipinski definition) is 4. The van der Waals surface area contributed by atoms with Gasteiger partial charge in [-0.3, -0.25) is 9.58 Å². The predicted molar refractivity (Wildman–Crippen MR) is 101 cm³/mol. The number of amides is 1. The van der Waals surface area contributed by atoms with Crippen LogP contribution in [0.2, 0.25) is 5.02 Å². The van der Waals surface area contributed by atoms with Crippen molar-refractivity contribution >= 4 is 17.7 Å². The first-order valence-electron chi connectivity index (χ1n) is 8.74. The highest BCUT2D eigenvalue weighted by Gasteiger charge is 2.29. The molecule has 1 aliphatic heterocycles. The smallest absolute Gasteiger partial charge is 0.407 e. The van der Waals surface area contributed by atoms with Gasteiger partial charge in [-0.05, 0) is 38.5 Å². The quantitative estimate of drug-likeness (QED) is 0.869. The molecule has 3 rings (SSSR count). The van der Waals surface area contributed by atoms with E-state index in [1.807, 2.05) is 55.9 Å². The third-order valence-electron chi connectivity index (χ3n) is 4.03. The van der Waals surface area contributed by atoms with E-state index in [0.29, 0.717) is 0 Å². The van der Waals surface area contributed by atoms with E-state index in [2.05, 4.69) is 21.5 Å². The number of carbonyl (C=O) groups is 1. The Labute approximate surface area is 159 Å². The topological polar surface area (TPSA) is 59.4 Å². The van der Waals surface area contributed by atoms with E-state index in [1.54, 1.807) is 0 Å². The van der Waals surface area contributed by atoms with E-state index in [0.717, 1.165) is 42.3 Å². The molecular formula is C19H25ClN4O2. The summed E-state index contributed by atoms with van der Waals surface area (Å²) in [4.78, 5) is 14.0. The first-order valence-corrected chi connectivity index (χ1v) is 9.12. The molecule has 1 aliphatic rings. The largest absolute Gasteiger partial charge is 0.444 e. The average molecular weight is 377 g/mol. The Morgan fingerprint density at radius 1 is 1.23 bits per heavy atom. The summed E-state index contributed by atoms with van der Waals surface area (Å²) in [5.74, 6) is 0. The van der Waals surface area contributed by atoms with Crippen LogP contribution < -0.4 is 5.32 Å². The first kappa shape index (κ1) is 18.7. The highest BCUT2D eigenvalue weighted by Crippen LogP contribution is 2.15. The molecule has 1 fully saturated rings. The fraction of sp³-hybridized carbons (Fsp3) is 0.474. The van der Waals surface area contributed by atoms with Gasteiger partial charge in [0.15, 0.2) is 0 Å². The van der Waals surface area contributed by atoms with Crippen molar-refractivity contribution in [3.8, 4) is 0 Å². The van der Waals surface area contributed by atoms with Crippen LogP contribution in [0.5, 0.6) is 0 Å². The molecule has 140 valence electrons. The zero-order valence-electron chi connectivity index (χ0n) is 15.4. The molecule has 1 N–H and O–H groups in total. The summed E-state index contributed by atoms with van der Waals surface area (Å²) >= 11 is 5.91. The van der Waals surface area contributed by atoms with Crippen molar-refractivity contribution in [1.29, 1.82) is 0 Å². The molecule has 2 aromatic rings. The van der Waals surface area contributed by atoms with Gasteiger partial charge < -0.3 is 10.1 Å². The van der Waals surface area contributed by atoms with Crippen molar-refractivity contribution in [3.05, 3.63) is 52.8 Å². The van der Waals surface area contributed by atoms with Crippen LogP contribution in [0.3, 0.4) is 0 Å². The molecule has 0 unspecified atom stereocenters. The lowest BCUT2D eigenvalue weighted by Gasteiger charge is -2.39. The van der Waals surface area contributed by atoms with E-state index in [1.165, 1.54) is 0 Å². The van der Waals surface area contributed by atoms with Gasteiger partial charge in [-0.15, -0.1) is 0 Å². The molecular weight excluding hydrogens is 352 g/mol. The number of benzene rings is 1. The molecule has 1 saturated heterocycles.